The first-order valence-electron chi connectivity index (χ1n) is 6.14. The zero-order valence-electron chi connectivity index (χ0n) is 11.6. The van der Waals surface area contributed by atoms with Gasteiger partial charge in [0.15, 0.2) is 0 Å². The van der Waals surface area contributed by atoms with Crippen molar-refractivity contribution in [1.29, 1.82) is 5.26 Å². The Balaban J connectivity index is 2.54. The molecule has 7 heteroatoms. The summed E-state index contributed by atoms with van der Waals surface area (Å²) in [6, 6.07) is 8.32. The molecule has 7 nitrogen and oxygen atoms in total. The lowest BCUT2D eigenvalue weighted by molar-refractivity contribution is -0.140. The van der Waals surface area contributed by atoms with E-state index in [-0.39, 0.29) is 24.5 Å². The number of nitrogens with one attached hydrogen (secondary N) is 2. The minimum Gasteiger partial charge on any atom is -0.469 e. The Morgan fingerprint density at radius 3 is 2.62 bits per heavy atom. The molecule has 0 aliphatic rings. The number of esters is 1. The van der Waals surface area contributed by atoms with Crippen LogP contribution in [0.2, 0.25) is 0 Å². The maximum Gasteiger partial charge on any atom is 0.307 e. The van der Waals surface area contributed by atoms with Crippen molar-refractivity contribution in [3.8, 4) is 6.07 Å². The van der Waals surface area contributed by atoms with E-state index in [1.54, 1.807) is 30.3 Å². The SMILES string of the molecule is COC(=O)CCN/C=C(/C#N)C(=O)Nc1ccc(N)cc1. The van der Waals surface area contributed by atoms with Gasteiger partial charge in [0, 0.05) is 24.1 Å². The van der Waals surface area contributed by atoms with Gasteiger partial charge in [-0.15, -0.1) is 0 Å². The lowest BCUT2D eigenvalue weighted by atomic mass is 10.2. The second kappa shape index (κ2) is 8.22. The monoisotopic (exact) mass is 288 g/mol. The molecule has 1 amide bonds. The number of amides is 1. The Labute approximate surface area is 122 Å². The van der Waals surface area contributed by atoms with Crippen molar-refractivity contribution in [3.05, 3.63) is 36.0 Å². The zero-order chi connectivity index (χ0) is 15.7. The molecule has 1 aromatic rings. The highest BCUT2D eigenvalue weighted by atomic mass is 16.5. The summed E-state index contributed by atoms with van der Waals surface area (Å²) in [5.41, 5.74) is 6.55. The third-order valence-electron chi connectivity index (χ3n) is 2.48. The number of nitriles is 1. The quantitative estimate of drug-likeness (QED) is 0.234. The number of nitrogen functional groups attached to an aromatic ring is 1. The maximum atomic E-state index is 11.8. The molecule has 4 N–H and O–H groups in total. The predicted molar refractivity (Wildman–Crippen MR) is 77.8 cm³/mol. The first-order chi connectivity index (χ1) is 10.1. The van der Waals surface area contributed by atoms with E-state index in [1.165, 1.54) is 13.3 Å². The maximum absolute atomic E-state index is 11.8. The second-order valence-electron chi connectivity index (χ2n) is 4.03. The largest absolute Gasteiger partial charge is 0.469 e. The van der Waals surface area contributed by atoms with Crippen LogP contribution in [0.4, 0.5) is 11.4 Å². The van der Waals surface area contributed by atoms with Gasteiger partial charge in [0.2, 0.25) is 0 Å². The van der Waals surface area contributed by atoms with Gasteiger partial charge in [-0.2, -0.15) is 5.26 Å². The third-order valence-corrected chi connectivity index (χ3v) is 2.48. The predicted octanol–water partition coefficient (Wildman–Crippen LogP) is 0.767. The summed E-state index contributed by atoms with van der Waals surface area (Å²) in [6.45, 7) is 0.271. The first kappa shape index (κ1) is 16.0. The van der Waals surface area contributed by atoms with E-state index in [9.17, 15) is 9.59 Å². The molecule has 1 aromatic carbocycles. The van der Waals surface area contributed by atoms with Crippen molar-refractivity contribution in [2.75, 3.05) is 24.7 Å². The molecule has 0 radical (unpaired) electrons. The van der Waals surface area contributed by atoms with Gasteiger partial charge in [0.05, 0.1) is 13.5 Å². The van der Waals surface area contributed by atoms with Crippen molar-refractivity contribution in [2.45, 2.75) is 6.42 Å². The Morgan fingerprint density at radius 1 is 1.38 bits per heavy atom. The van der Waals surface area contributed by atoms with Crippen LogP contribution in [0.3, 0.4) is 0 Å². The number of anilines is 2. The molecule has 0 aliphatic heterocycles. The highest BCUT2D eigenvalue weighted by Gasteiger charge is 2.09. The van der Waals surface area contributed by atoms with E-state index in [2.05, 4.69) is 15.4 Å². The number of carbonyl (C=O) groups excluding carboxylic acids is 2. The molecule has 0 unspecified atom stereocenters. The van der Waals surface area contributed by atoms with Crippen LogP contribution < -0.4 is 16.4 Å². The molecular weight excluding hydrogens is 272 g/mol. The molecule has 0 fully saturated rings. The van der Waals surface area contributed by atoms with E-state index >= 15 is 0 Å². The average Bonchev–Trinajstić information content (AvgIpc) is 2.49. The highest BCUT2D eigenvalue weighted by molar-refractivity contribution is 6.06. The number of hydrogen-bond acceptors (Lipinski definition) is 6. The van der Waals surface area contributed by atoms with Crippen LogP contribution in [-0.2, 0) is 14.3 Å². The lowest BCUT2D eigenvalue weighted by Crippen LogP contribution is -2.18. The van der Waals surface area contributed by atoms with Crippen molar-refractivity contribution in [2.24, 2.45) is 0 Å². The first-order valence-corrected chi connectivity index (χ1v) is 6.14. The van der Waals surface area contributed by atoms with Gasteiger partial charge in [-0.1, -0.05) is 0 Å². The lowest BCUT2D eigenvalue weighted by Gasteiger charge is -2.05. The van der Waals surface area contributed by atoms with E-state index < -0.39 is 5.91 Å². The van der Waals surface area contributed by atoms with Crippen LogP contribution in [0, 0.1) is 11.3 Å². The number of nitrogens with two attached hydrogens (primary N) is 1. The normalized spacial score (nSPS) is 10.4. The van der Waals surface area contributed by atoms with Gasteiger partial charge < -0.3 is 21.1 Å². The number of nitrogens with zero attached hydrogens (tertiary/aromatic N) is 1. The molecule has 1 rings (SSSR count). The zero-order valence-corrected chi connectivity index (χ0v) is 11.6. The topological polar surface area (TPSA) is 117 Å². The molecule has 110 valence electrons. The molecule has 0 atom stereocenters. The molecule has 0 saturated carbocycles. The summed E-state index contributed by atoms with van der Waals surface area (Å²) in [7, 11) is 1.29. The molecular formula is C14H16N4O3. The number of hydrogen-bond donors (Lipinski definition) is 3. The molecule has 21 heavy (non-hydrogen) atoms. The summed E-state index contributed by atoms with van der Waals surface area (Å²) in [5.74, 6) is -0.923. The van der Waals surface area contributed by atoms with Gasteiger partial charge in [-0.3, -0.25) is 9.59 Å². The number of benzene rings is 1. The van der Waals surface area contributed by atoms with Crippen LogP contribution in [0.15, 0.2) is 36.0 Å². The van der Waals surface area contributed by atoms with Crippen LogP contribution in [0.25, 0.3) is 0 Å². The van der Waals surface area contributed by atoms with Crippen LogP contribution in [0.1, 0.15) is 6.42 Å². The van der Waals surface area contributed by atoms with Crippen molar-refractivity contribution >= 4 is 23.3 Å². The minimum absolute atomic E-state index is 0.100. The molecule has 0 aliphatic carbocycles. The van der Waals surface area contributed by atoms with Gasteiger partial charge >= 0.3 is 5.97 Å². The van der Waals surface area contributed by atoms with Crippen LogP contribution in [0.5, 0.6) is 0 Å². The number of ether oxygens (including phenoxy) is 1. The molecule has 0 spiro atoms. The van der Waals surface area contributed by atoms with Gasteiger partial charge in [0.1, 0.15) is 11.6 Å². The fourth-order valence-electron chi connectivity index (χ4n) is 1.36. The fraction of sp³-hybridized carbons (Fsp3) is 0.214. The van der Waals surface area contributed by atoms with Gasteiger partial charge in [-0.25, -0.2) is 0 Å². The number of methoxy groups -OCH3 is 1. The smallest absolute Gasteiger partial charge is 0.307 e. The Bertz CT molecular complexity index is 573. The van der Waals surface area contributed by atoms with Crippen LogP contribution in [-0.4, -0.2) is 25.5 Å². The molecule has 0 bridgehead atoms. The van der Waals surface area contributed by atoms with Gasteiger partial charge in [0.25, 0.3) is 5.91 Å². The highest BCUT2D eigenvalue weighted by Crippen LogP contribution is 2.11. The van der Waals surface area contributed by atoms with E-state index in [0.717, 1.165) is 0 Å². The number of carbonyl (C=O) groups is 2. The number of rotatable bonds is 6. The summed E-state index contributed by atoms with van der Waals surface area (Å²) >= 11 is 0. The Hall–Kier alpha value is -3.01. The third kappa shape index (κ3) is 5.65. The summed E-state index contributed by atoms with van der Waals surface area (Å²) in [4.78, 5) is 22.7. The van der Waals surface area contributed by atoms with E-state index in [1.807, 2.05) is 0 Å². The minimum atomic E-state index is -0.548. The molecule has 0 saturated heterocycles. The van der Waals surface area contributed by atoms with Crippen LogP contribution >= 0.6 is 0 Å². The molecule has 0 heterocycles. The van der Waals surface area contributed by atoms with Gasteiger partial charge in [-0.05, 0) is 24.3 Å². The van der Waals surface area contributed by atoms with E-state index in [4.69, 9.17) is 11.0 Å². The Kier molecular flexibility index (Phi) is 6.28. The summed E-state index contributed by atoms with van der Waals surface area (Å²) in [5, 5.41) is 14.2. The van der Waals surface area contributed by atoms with Crippen molar-refractivity contribution in [3.63, 3.8) is 0 Å². The average molecular weight is 288 g/mol. The standard InChI is InChI=1S/C14H16N4O3/c1-21-13(19)6-7-17-9-10(8-15)14(20)18-12-4-2-11(16)3-5-12/h2-5,9,17H,6-7,16H2,1H3,(H,18,20)/b10-9-. The fourth-order valence-corrected chi connectivity index (χ4v) is 1.36. The van der Waals surface area contributed by atoms with Crippen molar-refractivity contribution < 1.29 is 14.3 Å². The second-order valence-corrected chi connectivity index (χ2v) is 4.03. The molecule has 0 aromatic heterocycles. The Morgan fingerprint density at radius 2 is 2.05 bits per heavy atom. The summed E-state index contributed by atoms with van der Waals surface area (Å²) in [6.07, 6.45) is 1.40. The summed E-state index contributed by atoms with van der Waals surface area (Å²) < 4.78 is 4.47. The van der Waals surface area contributed by atoms with Crippen molar-refractivity contribution in [1.82, 2.24) is 5.32 Å². The van der Waals surface area contributed by atoms with E-state index in [0.29, 0.717) is 11.4 Å².